The number of fused-ring (bicyclic) bond motifs is 1. The number of aromatic nitrogens is 1. The van der Waals surface area contributed by atoms with E-state index in [2.05, 4.69) is 5.32 Å². The van der Waals surface area contributed by atoms with Crippen LogP contribution in [0.3, 0.4) is 0 Å². The molecular weight excluding hydrogens is 252 g/mol. The Morgan fingerprint density at radius 1 is 1.40 bits per heavy atom. The average molecular weight is 272 g/mol. The van der Waals surface area contributed by atoms with Gasteiger partial charge in [-0.25, -0.2) is 4.79 Å². The van der Waals surface area contributed by atoms with Crippen LogP contribution in [-0.4, -0.2) is 21.7 Å². The first-order chi connectivity index (χ1) is 9.66. The van der Waals surface area contributed by atoms with Crippen LogP contribution in [0.1, 0.15) is 41.6 Å². The molecule has 0 saturated heterocycles. The molecule has 106 valence electrons. The van der Waals surface area contributed by atoms with Crippen molar-refractivity contribution in [3.63, 3.8) is 0 Å². The Hall–Kier alpha value is -1.81. The molecule has 0 spiro atoms. The van der Waals surface area contributed by atoms with Crippen molar-refractivity contribution >= 4 is 16.9 Å². The Morgan fingerprint density at radius 2 is 2.15 bits per heavy atom. The smallest absolute Gasteiger partial charge is 0.336 e. The Bertz CT molecular complexity index is 639. The molecule has 1 aliphatic rings. The van der Waals surface area contributed by atoms with Crippen LogP contribution in [0.25, 0.3) is 10.9 Å². The van der Waals surface area contributed by atoms with Crippen molar-refractivity contribution in [2.45, 2.75) is 38.3 Å². The van der Waals surface area contributed by atoms with Crippen LogP contribution in [0, 0.1) is 0 Å². The molecule has 0 unspecified atom stereocenters. The van der Waals surface area contributed by atoms with E-state index in [4.69, 9.17) is 0 Å². The van der Waals surface area contributed by atoms with E-state index in [1.165, 1.54) is 25.7 Å². The zero-order valence-corrected chi connectivity index (χ0v) is 11.7. The Morgan fingerprint density at radius 3 is 2.85 bits per heavy atom. The zero-order chi connectivity index (χ0) is 14.1. The number of hydrogen-bond acceptors (Lipinski definition) is 2. The molecule has 1 aliphatic carbocycles. The van der Waals surface area contributed by atoms with Crippen molar-refractivity contribution in [1.29, 1.82) is 0 Å². The van der Waals surface area contributed by atoms with Crippen molar-refractivity contribution in [2.75, 3.05) is 0 Å². The minimum atomic E-state index is -0.857. The molecule has 2 aromatic rings. The molecule has 4 heteroatoms. The van der Waals surface area contributed by atoms with Crippen LogP contribution in [0.5, 0.6) is 0 Å². The van der Waals surface area contributed by atoms with E-state index in [0.717, 1.165) is 23.0 Å². The maximum Gasteiger partial charge on any atom is 0.336 e. The average Bonchev–Trinajstić information content (AvgIpc) is 3.05. The van der Waals surface area contributed by atoms with Crippen LogP contribution in [0.2, 0.25) is 0 Å². The minimum absolute atomic E-state index is 0.395. The van der Waals surface area contributed by atoms with Gasteiger partial charge in [-0.3, -0.25) is 0 Å². The lowest BCUT2D eigenvalue weighted by Gasteiger charge is -2.11. The number of carboxylic acid groups (broad SMARTS) is 1. The molecule has 0 bridgehead atoms. The Balaban J connectivity index is 1.95. The van der Waals surface area contributed by atoms with Crippen LogP contribution >= 0.6 is 0 Å². The maximum atomic E-state index is 11.4. The van der Waals surface area contributed by atoms with Gasteiger partial charge >= 0.3 is 5.97 Å². The molecule has 2 N–H and O–H groups in total. The van der Waals surface area contributed by atoms with E-state index >= 15 is 0 Å². The Labute approximate surface area is 118 Å². The second-order valence-electron chi connectivity index (χ2n) is 5.63. The first-order valence-electron chi connectivity index (χ1n) is 7.20. The molecule has 3 rings (SSSR count). The van der Waals surface area contributed by atoms with Gasteiger partial charge in [0.15, 0.2) is 0 Å². The van der Waals surface area contributed by atoms with Gasteiger partial charge in [0.05, 0.1) is 5.56 Å². The zero-order valence-electron chi connectivity index (χ0n) is 11.7. The quantitative estimate of drug-likeness (QED) is 0.899. The molecule has 1 aromatic carbocycles. The summed E-state index contributed by atoms with van der Waals surface area (Å²) in [5, 5.41) is 13.8. The van der Waals surface area contributed by atoms with Crippen molar-refractivity contribution in [2.24, 2.45) is 7.05 Å². The second-order valence-corrected chi connectivity index (χ2v) is 5.63. The third kappa shape index (κ3) is 2.31. The van der Waals surface area contributed by atoms with Crippen molar-refractivity contribution in [3.8, 4) is 0 Å². The van der Waals surface area contributed by atoms with Crippen molar-refractivity contribution in [1.82, 2.24) is 9.88 Å². The van der Waals surface area contributed by atoms with Crippen molar-refractivity contribution in [3.05, 3.63) is 35.5 Å². The van der Waals surface area contributed by atoms with Gasteiger partial charge in [-0.2, -0.15) is 0 Å². The number of carbonyl (C=O) groups is 1. The second kappa shape index (κ2) is 5.29. The predicted octanol–water partition coefficient (Wildman–Crippen LogP) is 2.91. The summed E-state index contributed by atoms with van der Waals surface area (Å²) >= 11 is 0. The molecule has 1 fully saturated rings. The van der Waals surface area contributed by atoms with E-state index < -0.39 is 5.97 Å². The van der Waals surface area contributed by atoms with Crippen molar-refractivity contribution < 1.29 is 9.90 Å². The SMILES string of the molecule is Cn1cc(CNC2CCCC2)c2c(C(=O)O)cccc21. The molecule has 0 atom stereocenters. The maximum absolute atomic E-state index is 11.4. The highest BCUT2D eigenvalue weighted by Gasteiger charge is 2.18. The fourth-order valence-corrected chi connectivity index (χ4v) is 3.24. The summed E-state index contributed by atoms with van der Waals surface area (Å²) in [4.78, 5) is 11.4. The highest BCUT2D eigenvalue weighted by atomic mass is 16.4. The first-order valence-corrected chi connectivity index (χ1v) is 7.20. The minimum Gasteiger partial charge on any atom is -0.478 e. The number of carboxylic acids is 1. The normalized spacial score (nSPS) is 16.1. The highest BCUT2D eigenvalue weighted by Crippen LogP contribution is 2.26. The van der Waals surface area contributed by atoms with Gasteiger partial charge in [-0.1, -0.05) is 18.9 Å². The fourth-order valence-electron chi connectivity index (χ4n) is 3.24. The van der Waals surface area contributed by atoms with Gasteiger partial charge in [0.2, 0.25) is 0 Å². The Kier molecular flexibility index (Phi) is 3.49. The van der Waals surface area contributed by atoms with Crippen LogP contribution in [0.4, 0.5) is 0 Å². The van der Waals surface area contributed by atoms with E-state index in [-0.39, 0.29) is 0 Å². The summed E-state index contributed by atoms with van der Waals surface area (Å²) in [6.45, 7) is 0.742. The van der Waals surface area contributed by atoms with Gasteiger partial charge in [-0.15, -0.1) is 0 Å². The van der Waals surface area contributed by atoms with E-state index in [1.807, 2.05) is 23.9 Å². The van der Waals surface area contributed by atoms with Crippen LogP contribution < -0.4 is 5.32 Å². The molecule has 0 radical (unpaired) electrons. The van der Waals surface area contributed by atoms with E-state index in [1.54, 1.807) is 12.1 Å². The van der Waals surface area contributed by atoms with E-state index in [0.29, 0.717) is 11.6 Å². The number of aromatic carboxylic acids is 1. The molecule has 1 saturated carbocycles. The molecule has 20 heavy (non-hydrogen) atoms. The summed E-state index contributed by atoms with van der Waals surface area (Å²) in [6.07, 6.45) is 7.10. The summed E-state index contributed by atoms with van der Waals surface area (Å²) in [7, 11) is 1.97. The highest BCUT2D eigenvalue weighted by molar-refractivity contribution is 6.04. The summed E-state index contributed by atoms with van der Waals surface area (Å²) in [5.74, 6) is -0.857. The van der Waals surface area contributed by atoms with Crippen LogP contribution in [-0.2, 0) is 13.6 Å². The molecule has 4 nitrogen and oxygen atoms in total. The van der Waals surface area contributed by atoms with E-state index in [9.17, 15) is 9.90 Å². The van der Waals surface area contributed by atoms with Gasteiger partial charge in [0.1, 0.15) is 0 Å². The molecule has 0 amide bonds. The summed E-state index contributed by atoms with van der Waals surface area (Å²) in [5.41, 5.74) is 2.45. The molecule has 1 aromatic heterocycles. The van der Waals surface area contributed by atoms with Gasteiger partial charge < -0.3 is 15.0 Å². The number of aryl methyl sites for hydroxylation is 1. The largest absolute Gasteiger partial charge is 0.478 e. The molecule has 1 heterocycles. The number of rotatable bonds is 4. The van der Waals surface area contributed by atoms with Gasteiger partial charge in [0, 0.05) is 36.7 Å². The topological polar surface area (TPSA) is 54.3 Å². The van der Waals surface area contributed by atoms with Gasteiger partial charge in [-0.05, 0) is 30.5 Å². The lowest BCUT2D eigenvalue weighted by Crippen LogP contribution is -2.25. The number of nitrogens with one attached hydrogen (secondary N) is 1. The predicted molar refractivity (Wildman–Crippen MR) is 79.0 cm³/mol. The fraction of sp³-hybridized carbons (Fsp3) is 0.438. The summed E-state index contributed by atoms with van der Waals surface area (Å²) < 4.78 is 2.01. The molecular formula is C16H20N2O2. The third-order valence-corrected chi connectivity index (χ3v) is 4.26. The first kappa shape index (κ1) is 13.2. The monoisotopic (exact) mass is 272 g/mol. The van der Waals surface area contributed by atoms with Gasteiger partial charge in [0.25, 0.3) is 0 Å². The number of hydrogen-bond donors (Lipinski definition) is 2. The standard InChI is InChI=1S/C16H20N2O2/c1-18-10-11(9-17-12-5-2-3-6-12)15-13(16(19)20)7-4-8-14(15)18/h4,7-8,10,12,17H,2-3,5-6,9H2,1H3,(H,19,20). The molecule has 0 aliphatic heterocycles. The lowest BCUT2D eigenvalue weighted by molar-refractivity contribution is 0.0699. The lowest BCUT2D eigenvalue weighted by atomic mass is 10.1. The summed E-state index contributed by atoms with van der Waals surface area (Å²) in [6, 6.07) is 6.05. The number of benzene rings is 1. The van der Waals surface area contributed by atoms with Crippen LogP contribution in [0.15, 0.2) is 24.4 Å². The third-order valence-electron chi connectivity index (χ3n) is 4.26. The number of nitrogens with zero attached hydrogens (tertiary/aromatic N) is 1.